The molecule has 0 unspecified atom stereocenters. The van der Waals surface area contributed by atoms with Crippen molar-refractivity contribution in [3.05, 3.63) is 67.3 Å². The van der Waals surface area contributed by atoms with Crippen LogP contribution in [0.5, 0.6) is 0 Å². The number of carbonyl (C=O) groups is 1. The zero-order valence-electron chi connectivity index (χ0n) is 11.0. The molecule has 6 heteroatoms. The number of nitro benzene ring substituents is 1. The maximum Gasteiger partial charge on any atom is 0.270 e. The average Bonchev–Trinajstić information content (AvgIpc) is 2.90. The summed E-state index contributed by atoms with van der Waals surface area (Å²) in [5.41, 5.74) is 2.34. The Morgan fingerprint density at radius 2 is 2.00 bits per heavy atom. The highest BCUT2D eigenvalue weighted by molar-refractivity contribution is 14.1. The summed E-state index contributed by atoms with van der Waals surface area (Å²) in [5.74, 6) is -0.187. The smallest absolute Gasteiger partial charge is 0.270 e. The summed E-state index contributed by atoms with van der Waals surface area (Å²) in [6.07, 6.45) is 0.813. The lowest BCUT2D eigenvalue weighted by Crippen LogP contribution is -2.29. The zero-order valence-corrected chi connectivity index (χ0v) is 13.1. The molecule has 0 N–H and O–H groups in total. The van der Waals surface area contributed by atoms with Crippen molar-refractivity contribution in [3.8, 4) is 0 Å². The number of amides is 1. The minimum Gasteiger partial charge on any atom is -0.308 e. The third kappa shape index (κ3) is 2.51. The Bertz CT molecular complexity index is 745. The van der Waals surface area contributed by atoms with Crippen LogP contribution in [0.4, 0.5) is 11.4 Å². The molecule has 0 spiro atoms. The molecule has 2 aromatic carbocycles. The van der Waals surface area contributed by atoms with Gasteiger partial charge in [-0.05, 0) is 46.7 Å². The van der Waals surface area contributed by atoms with E-state index in [0.717, 1.165) is 17.7 Å². The van der Waals surface area contributed by atoms with Crippen LogP contribution in [0.3, 0.4) is 0 Å². The Morgan fingerprint density at radius 1 is 1.24 bits per heavy atom. The number of rotatable bonds is 2. The number of anilines is 1. The van der Waals surface area contributed by atoms with E-state index in [1.54, 1.807) is 11.0 Å². The van der Waals surface area contributed by atoms with Gasteiger partial charge < -0.3 is 4.90 Å². The fourth-order valence-corrected chi connectivity index (χ4v) is 3.05. The number of hydrogen-bond donors (Lipinski definition) is 0. The molecular formula is C15H11IN2O3. The average molecular weight is 394 g/mol. The second-order valence-corrected chi connectivity index (χ2v) is 5.92. The monoisotopic (exact) mass is 394 g/mol. The molecule has 0 radical (unpaired) electrons. The van der Waals surface area contributed by atoms with Crippen molar-refractivity contribution in [3.63, 3.8) is 0 Å². The molecule has 1 aliphatic rings. The zero-order chi connectivity index (χ0) is 15.0. The van der Waals surface area contributed by atoms with E-state index in [1.165, 1.54) is 12.1 Å². The predicted octanol–water partition coefficient (Wildman–Crippen LogP) is 3.40. The molecule has 1 heterocycles. The quantitative estimate of drug-likeness (QED) is 0.446. The van der Waals surface area contributed by atoms with Crippen LogP contribution in [-0.2, 0) is 6.42 Å². The Balaban J connectivity index is 2.00. The van der Waals surface area contributed by atoms with Crippen molar-refractivity contribution in [2.24, 2.45) is 0 Å². The molecular weight excluding hydrogens is 383 g/mol. The molecule has 0 saturated heterocycles. The fraction of sp³-hybridized carbons (Fsp3) is 0.133. The highest BCUT2D eigenvalue weighted by Gasteiger charge is 2.27. The SMILES string of the molecule is O=C(c1cc([N+](=O)[O-])ccc1I)N1CCc2ccccc21. The summed E-state index contributed by atoms with van der Waals surface area (Å²) in [4.78, 5) is 24.8. The molecule has 1 aliphatic heterocycles. The molecule has 0 atom stereocenters. The number of non-ortho nitro benzene ring substituents is 1. The normalized spacial score (nSPS) is 13.1. The van der Waals surface area contributed by atoms with Crippen LogP contribution >= 0.6 is 22.6 Å². The summed E-state index contributed by atoms with van der Waals surface area (Å²) in [6, 6.07) is 12.1. The number of benzene rings is 2. The van der Waals surface area contributed by atoms with Crippen LogP contribution in [0.2, 0.25) is 0 Å². The molecule has 106 valence electrons. The first-order valence-corrected chi connectivity index (χ1v) is 7.49. The molecule has 1 amide bonds. The number of fused-ring (bicyclic) bond motifs is 1. The molecule has 3 rings (SSSR count). The number of halogens is 1. The minimum absolute atomic E-state index is 0.0637. The Labute approximate surface area is 134 Å². The number of carbonyl (C=O) groups excluding carboxylic acids is 1. The van der Waals surface area contributed by atoms with Gasteiger partial charge >= 0.3 is 0 Å². The van der Waals surface area contributed by atoms with Crippen LogP contribution in [0.25, 0.3) is 0 Å². The van der Waals surface area contributed by atoms with E-state index < -0.39 is 4.92 Å². The van der Waals surface area contributed by atoms with Crippen LogP contribution < -0.4 is 4.90 Å². The van der Waals surface area contributed by atoms with Gasteiger partial charge in [0.15, 0.2) is 0 Å². The van der Waals surface area contributed by atoms with E-state index in [2.05, 4.69) is 0 Å². The van der Waals surface area contributed by atoms with Crippen molar-refractivity contribution >= 4 is 39.9 Å². The van der Waals surface area contributed by atoms with E-state index in [9.17, 15) is 14.9 Å². The highest BCUT2D eigenvalue weighted by atomic mass is 127. The van der Waals surface area contributed by atoms with Gasteiger partial charge in [0.1, 0.15) is 0 Å². The second-order valence-electron chi connectivity index (χ2n) is 4.76. The van der Waals surface area contributed by atoms with Gasteiger partial charge in [0, 0.05) is 27.9 Å². The first kappa shape index (κ1) is 14.0. The lowest BCUT2D eigenvalue weighted by Gasteiger charge is -2.18. The molecule has 0 bridgehead atoms. The Kier molecular flexibility index (Phi) is 3.62. The van der Waals surface area contributed by atoms with Gasteiger partial charge in [0.05, 0.1) is 10.5 Å². The number of para-hydroxylation sites is 1. The van der Waals surface area contributed by atoms with Gasteiger partial charge in [-0.2, -0.15) is 0 Å². The van der Waals surface area contributed by atoms with Crippen LogP contribution in [0.1, 0.15) is 15.9 Å². The lowest BCUT2D eigenvalue weighted by molar-refractivity contribution is -0.384. The van der Waals surface area contributed by atoms with Gasteiger partial charge in [-0.1, -0.05) is 18.2 Å². The standard InChI is InChI=1S/C15H11IN2O3/c16-13-6-5-11(18(20)21)9-12(13)15(19)17-8-7-10-3-1-2-4-14(10)17/h1-6,9H,7-8H2. The summed E-state index contributed by atoms with van der Waals surface area (Å²) < 4.78 is 0.715. The van der Waals surface area contributed by atoms with Crippen LogP contribution in [0.15, 0.2) is 42.5 Å². The number of hydrogen-bond acceptors (Lipinski definition) is 3. The van der Waals surface area contributed by atoms with Gasteiger partial charge in [-0.3, -0.25) is 14.9 Å². The Hall–Kier alpha value is -1.96. The number of nitrogens with zero attached hydrogens (tertiary/aromatic N) is 2. The second kappa shape index (κ2) is 5.44. The Morgan fingerprint density at radius 3 is 2.76 bits per heavy atom. The van der Waals surface area contributed by atoms with E-state index in [4.69, 9.17) is 0 Å². The van der Waals surface area contributed by atoms with Gasteiger partial charge in [-0.15, -0.1) is 0 Å². The first-order valence-electron chi connectivity index (χ1n) is 6.41. The molecule has 0 aliphatic carbocycles. The molecule has 21 heavy (non-hydrogen) atoms. The van der Waals surface area contributed by atoms with Crippen molar-refractivity contribution in [1.29, 1.82) is 0 Å². The molecule has 2 aromatic rings. The lowest BCUT2D eigenvalue weighted by atomic mass is 10.1. The van der Waals surface area contributed by atoms with E-state index in [-0.39, 0.29) is 11.6 Å². The molecule has 0 aromatic heterocycles. The van der Waals surface area contributed by atoms with E-state index in [1.807, 2.05) is 46.9 Å². The summed E-state index contributed by atoms with van der Waals surface area (Å²) >= 11 is 2.03. The van der Waals surface area contributed by atoms with E-state index in [0.29, 0.717) is 15.7 Å². The topological polar surface area (TPSA) is 63.4 Å². The van der Waals surface area contributed by atoms with Gasteiger partial charge in [0.2, 0.25) is 0 Å². The predicted molar refractivity (Wildman–Crippen MR) is 87.6 cm³/mol. The van der Waals surface area contributed by atoms with Crippen LogP contribution in [-0.4, -0.2) is 17.4 Å². The van der Waals surface area contributed by atoms with E-state index >= 15 is 0 Å². The molecule has 5 nitrogen and oxygen atoms in total. The maximum absolute atomic E-state index is 12.7. The van der Waals surface area contributed by atoms with Crippen LogP contribution in [0, 0.1) is 13.7 Å². The van der Waals surface area contributed by atoms with Gasteiger partial charge in [-0.25, -0.2) is 0 Å². The summed E-state index contributed by atoms with van der Waals surface area (Å²) in [5, 5.41) is 10.9. The maximum atomic E-state index is 12.7. The van der Waals surface area contributed by atoms with Crippen molar-refractivity contribution < 1.29 is 9.72 Å². The van der Waals surface area contributed by atoms with Gasteiger partial charge in [0.25, 0.3) is 11.6 Å². The third-order valence-corrected chi connectivity index (χ3v) is 4.46. The largest absolute Gasteiger partial charge is 0.308 e. The summed E-state index contributed by atoms with van der Waals surface area (Å²) in [6.45, 7) is 0.608. The third-order valence-electron chi connectivity index (χ3n) is 3.52. The highest BCUT2D eigenvalue weighted by Crippen LogP contribution is 2.30. The fourth-order valence-electron chi connectivity index (χ4n) is 2.49. The van der Waals surface area contributed by atoms with Crippen molar-refractivity contribution in [1.82, 2.24) is 0 Å². The van der Waals surface area contributed by atoms with Crippen molar-refractivity contribution in [2.45, 2.75) is 6.42 Å². The van der Waals surface area contributed by atoms with Crippen molar-refractivity contribution in [2.75, 3.05) is 11.4 Å². The minimum atomic E-state index is -0.481. The summed E-state index contributed by atoms with van der Waals surface area (Å²) in [7, 11) is 0. The first-order chi connectivity index (χ1) is 10.1. The molecule has 0 saturated carbocycles. The number of nitro groups is 1. The molecule has 0 fully saturated rings.